The second kappa shape index (κ2) is 7.15. The average molecular weight is 343 g/mol. The van der Waals surface area contributed by atoms with E-state index in [9.17, 15) is 0 Å². The number of hydrogen-bond donors (Lipinski definition) is 0. The first-order chi connectivity index (χ1) is 12.8. The van der Waals surface area contributed by atoms with E-state index in [0.29, 0.717) is 17.5 Å². The number of anilines is 2. The highest BCUT2D eigenvalue weighted by Gasteiger charge is 2.20. The lowest BCUT2D eigenvalue weighted by Gasteiger charge is -2.35. The summed E-state index contributed by atoms with van der Waals surface area (Å²) in [5, 5.41) is 8.30. The predicted molar refractivity (Wildman–Crippen MR) is 100 cm³/mol. The fourth-order valence-electron chi connectivity index (χ4n) is 2.97. The molecule has 4 rings (SSSR count). The molecule has 3 aromatic rings. The van der Waals surface area contributed by atoms with Crippen LogP contribution in [-0.2, 0) is 0 Å². The fourth-order valence-corrected chi connectivity index (χ4v) is 2.97. The van der Waals surface area contributed by atoms with Crippen molar-refractivity contribution in [3.63, 3.8) is 0 Å². The Hall–Kier alpha value is -3.53. The summed E-state index contributed by atoms with van der Waals surface area (Å²) in [5.74, 6) is 0.998. The third kappa shape index (κ3) is 3.30. The van der Waals surface area contributed by atoms with Gasteiger partial charge in [0.25, 0.3) is 5.82 Å². The van der Waals surface area contributed by atoms with Crippen LogP contribution in [0.2, 0.25) is 0 Å². The van der Waals surface area contributed by atoms with Gasteiger partial charge in [0.15, 0.2) is 0 Å². The molecule has 7 heteroatoms. The molecule has 0 bridgehead atoms. The Bertz CT molecular complexity index is 911. The smallest absolute Gasteiger partial charge is 0.269 e. The minimum atomic E-state index is 0.369. The Labute approximate surface area is 151 Å². The quantitative estimate of drug-likeness (QED) is 0.682. The second-order valence-electron chi connectivity index (χ2n) is 5.97. The summed E-state index contributed by atoms with van der Waals surface area (Å²) < 4.78 is 0. The van der Waals surface area contributed by atoms with E-state index in [2.05, 4.69) is 59.1 Å². The van der Waals surface area contributed by atoms with Crippen LogP contribution in [0, 0.1) is 6.57 Å². The number of benzene rings is 1. The minimum Gasteiger partial charge on any atom is -0.368 e. The number of rotatable bonds is 3. The molecule has 0 radical (unpaired) electrons. The van der Waals surface area contributed by atoms with Gasteiger partial charge >= 0.3 is 0 Å². The summed E-state index contributed by atoms with van der Waals surface area (Å²) in [6.45, 7) is 10.5. The molecule has 0 unspecified atom stereocenters. The van der Waals surface area contributed by atoms with Crippen molar-refractivity contribution in [2.24, 2.45) is 0 Å². The first kappa shape index (κ1) is 16.0. The molecule has 0 aliphatic carbocycles. The van der Waals surface area contributed by atoms with Crippen LogP contribution in [0.1, 0.15) is 0 Å². The predicted octanol–water partition coefficient (Wildman–Crippen LogP) is 2.81. The minimum absolute atomic E-state index is 0.369. The third-order valence-electron chi connectivity index (χ3n) is 4.39. The van der Waals surface area contributed by atoms with Crippen molar-refractivity contribution in [2.45, 2.75) is 0 Å². The molecule has 0 spiro atoms. The Morgan fingerprint density at radius 3 is 2.35 bits per heavy atom. The van der Waals surface area contributed by atoms with E-state index >= 15 is 0 Å². The highest BCUT2D eigenvalue weighted by atomic mass is 15.4. The molecule has 3 heterocycles. The highest BCUT2D eigenvalue weighted by Crippen LogP contribution is 2.21. The van der Waals surface area contributed by atoms with Crippen molar-refractivity contribution in [2.75, 3.05) is 36.0 Å². The van der Waals surface area contributed by atoms with E-state index in [4.69, 9.17) is 6.57 Å². The van der Waals surface area contributed by atoms with Gasteiger partial charge in [-0.15, -0.1) is 10.1 Å². The molecular formula is C19H17N7. The van der Waals surface area contributed by atoms with Crippen molar-refractivity contribution in [1.29, 1.82) is 0 Å². The average Bonchev–Trinajstić information content (AvgIpc) is 2.75. The number of pyridine rings is 1. The van der Waals surface area contributed by atoms with Gasteiger partial charge in [-0.25, -0.2) is 4.98 Å². The summed E-state index contributed by atoms with van der Waals surface area (Å²) in [7, 11) is 0. The zero-order valence-corrected chi connectivity index (χ0v) is 14.2. The molecule has 1 saturated heterocycles. The van der Waals surface area contributed by atoms with Crippen molar-refractivity contribution in [1.82, 2.24) is 20.2 Å². The Morgan fingerprint density at radius 2 is 1.65 bits per heavy atom. The largest absolute Gasteiger partial charge is 0.368 e. The number of para-hydroxylation sites is 1. The van der Waals surface area contributed by atoms with Crippen LogP contribution in [0.3, 0.4) is 0 Å². The molecule has 26 heavy (non-hydrogen) atoms. The van der Waals surface area contributed by atoms with Crippen LogP contribution >= 0.6 is 0 Å². The van der Waals surface area contributed by atoms with E-state index in [1.165, 1.54) is 5.69 Å². The second-order valence-corrected chi connectivity index (χ2v) is 5.97. The van der Waals surface area contributed by atoms with Crippen LogP contribution < -0.4 is 9.80 Å². The lowest BCUT2D eigenvalue weighted by atomic mass is 10.2. The van der Waals surface area contributed by atoms with Gasteiger partial charge in [-0.1, -0.05) is 30.8 Å². The zero-order chi connectivity index (χ0) is 17.8. The Kier molecular flexibility index (Phi) is 4.39. The monoisotopic (exact) mass is 343 g/mol. The maximum absolute atomic E-state index is 6.98. The van der Waals surface area contributed by atoms with Crippen molar-refractivity contribution < 1.29 is 0 Å². The molecule has 128 valence electrons. The summed E-state index contributed by atoms with van der Waals surface area (Å²) in [6, 6.07) is 13.9. The summed E-state index contributed by atoms with van der Waals surface area (Å²) in [5.41, 5.74) is 2.78. The first-order valence-electron chi connectivity index (χ1n) is 8.42. The molecule has 7 nitrogen and oxygen atoms in total. The highest BCUT2D eigenvalue weighted by molar-refractivity contribution is 5.60. The number of nitrogens with zero attached hydrogens (tertiary/aromatic N) is 7. The fraction of sp³-hybridized carbons (Fsp3) is 0.211. The molecule has 1 aromatic carbocycles. The van der Waals surface area contributed by atoms with Gasteiger partial charge in [0, 0.05) is 37.4 Å². The molecule has 1 aliphatic rings. The lowest BCUT2D eigenvalue weighted by molar-refractivity contribution is 0.635. The molecule has 2 aromatic heterocycles. The van der Waals surface area contributed by atoms with Gasteiger partial charge in [-0.3, -0.25) is 0 Å². The molecule has 0 amide bonds. The van der Waals surface area contributed by atoms with Gasteiger partial charge in [0.05, 0.1) is 11.9 Å². The van der Waals surface area contributed by atoms with Crippen LogP contribution in [0.25, 0.3) is 16.1 Å². The molecule has 0 atom stereocenters. The van der Waals surface area contributed by atoms with Gasteiger partial charge in [-0.05, 0) is 18.2 Å². The standard InChI is InChI=1S/C19H17N7/c1-20-18-8-7-15(13-21-18)17-14-22-24-19(23-17)26-11-9-25(10-12-26)16-5-3-2-4-6-16/h2-8,13-14H,9-12H2. The van der Waals surface area contributed by atoms with Crippen LogP contribution in [0.5, 0.6) is 0 Å². The maximum Gasteiger partial charge on any atom is 0.269 e. The summed E-state index contributed by atoms with van der Waals surface area (Å²) in [4.78, 5) is 16.6. The first-order valence-corrected chi connectivity index (χ1v) is 8.42. The maximum atomic E-state index is 6.98. The Morgan fingerprint density at radius 1 is 0.885 bits per heavy atom. The van der Waals surface area contributed by atoms with Crippen molar-refractivity contribution >= 4 is 17.5 Å². The van der Waals surface area contributed by atoms with E-state index < -0.39 is 0 Å². The van der Waals surface area contributed by atoms with Gasteiger partial charge < -0.3 is 14.6 Å². The lowest BCUT2D eigenvalue weighted by Crippen LogP contribution is -2.47. The SMILES string of the molecule is [C-]#[N+]c1ccc(-c2cnnc(N3CCN(c4ccccc4)CC3)n2)cn1. The van der Waals surface area contributed by atoms with Gasteiger partial charge in [0.1, 0.15) is 6.20 Å². The normalized spacial score (nSPS) is 14.1. The zero-order valence-electron chi connectivity index (χ0n) is 14.2. The summed E-state index contributed by atoms with van der Waals surface area (Å²) in [6.07, 6.45) is 3.27. The number of hydrogen-bond acceptors (Lipinski definition) is 6. The molecule has 0 saturated carbocycles. The number of piperazine rings is 1. The van der Waals surface area contributed by atoms with E-state index in [-0.39, 0.29) is 0 Å². The molecule has 0 N–H and O–H groups in total. The molecule has 1 fully saturated rings. The Balaban J connectivity index is 1.48. The van der Waals surface area contributed by atoms with E-state index in [1.807, 2.05) is 12.1 Å². The third-order valence-corrected chi connectivity index (χ3v) is 4.39. The van der Waals surface area contributed by atoms with Crippen LogP contribution in [0.15, 0.2) is 54.9 Å². The number of aromatic nitrogens is 4. The summed E-state index contributed by atoms with van der Waals surface area (Å²) >= 11 is 0. The van der Waals surface area contributed by atoms with E-state index in [1.54, 1.807) is 18.5 Å². The van der Waals surface area contributed by atoms with Gasteiger partial charge in [-0.2, -0.15) is 5.10 Å². The van der Waals surface area contributed by atoms with E-state index in [0.717, 1.165) is 31.7 Å². The molecular weight excluding hydrogens is 326 g/mol. The van der Waals surface area contributed by atoms with Crippen LogP contribution in [0.4, 0.5) is 17.5 Å². The van der Waals surface area contributed by atoms with Crippen molar-refractivity contribution in [3.05, 3.63) is 66.3 Å². The van der Waals surface area contributed by atoms with Gasteiger partial charge in [0.2, 0.25) is 5.95 Å². The van der Waals surface area contributed by atoms with Crippen LogP contribution in [-0.4, -0.2) is 46.3 Å². The topological polar surface area (TPSA) is 62.4 Å². The van der Waals surface area contributed by atoms with Crippen molar-refractivity contribution in [3.8, 4) is 11.3 Å². The molecule has 1 aliphatic heterocycles.